The van der Waals surface area contributed by atoms with Crippen LogP contribution in [0.5, 0.6) is 5.75 Å². The molecule has 0 aliphatic carbocycles. The maximum atomic E-state index is 10.7. The molecule has 2 aromatic carbocycles. The molecule has 4 rings (SSSR count). The van der Waals surface area contributed by atoms with E-state index in [4.69, 9.17) is 18.9 Å². The molecule has 0 saturated carbocycles. The molecular weight excluding hydrogens is 492 g/mol. The van der Waals surface area contributed by atoms with Crippen LogP contribution in [0.2, 0.25) is 0 Å². The van der Waals surface area contributed by atoms with Crippen LogP contribution in [-0.2, 0) is 14.2 Å². The van der Waals surface area contributed by atoms with Gasteiger partial charge in [0.1, 0.15) is 54.6 Å². The van der Waals surface area contributed by atoms with E-state index >= 15 is 0 Å². The monoisotopic (exact) mass is 522 g/mol. The van der Waals surface area contributed by atoms with Gasteiger partial charge in [-0.05, 0) is 36.4 Å². The van der Waals surface area contributed by atoms with Gasteiger partial charge in [-0.2, -0.15) is 10.2 Å². The van der Waals surface area contributed by atoms with Gasteiger partial charge in [-0.15, -0.1) is 0 Å². The molecule has 0 unspecified atom stereocenters. The Morgan fingerprint density at radius 3 is 1.81 bits per heavy atom. The lowest BCUT2D eigenvalue weighted by Gasteiger charge is -2.45. The summed E-state index contributed by atoms with van der Waals surface area (Å²) in [6.45, 7) is -1.34. The number of aliphatic hydroxyl groups is 7. The van der Waals surface area contributed by atoms with E-state index in [0.29, 0.717) is 11.4 Å². The third-order valence-electron chi connectivity index (χ3n) is 6.09. The lowest BCUT2D eigenvalue weighted by atomic mass is 9.97. The van der Waals surface area contributed by atoms with Gasteiger partial charge in [0, 0.05) is 0 Å². The van der Waals surface area contributed by atoms with Gasteiger partial charge in [0.15, 0.2) is 6.29 Å². The number of azo groups is 1. The standard InChI is InChI=1S/C24H30N2O11/c27-10-15-17(29)18(30)20(32)24(35-15)37-22-16(11-28)36-23(21(33)19(22)31)34-14-8-6-13(7-9-14)26-25-12-4-2-1-3-5-12/h1-9,15-24,27-33H,10-11H2/t15-,16-,17+,18+,19-,20-,21-,22-,23-,24+/m1/s1. The minimum atomic E-state index is -1.74. The molecule has 13 nitrogen and oxygen atoms in total. The Morgan fingerprint density at radius 1 is 0.622 bits per heavy atom. The van der Waals surface area contributed by atoms with Crippen molar-refractivity contribution in [2.45, 2.75) is 61.4 Å². The second-order valence-electron chi connectivity index (χ2n) is 8.65. The van der Waals surface area contributed by atoms with Gasteiger partial charge in [-0.25, -0.2) is 0 Å². The Morgan fingerprint density at radius 2 is 1.19 bits per heavy atom. The van der Waals surface area contributed by atoms with Gasteiger partial charge in [-0.3, -0.25) is 0 Å². The summed E-state index contributed by atoms with van der Waals surface area (Å²) < 4.78 is 22.1. The van der Waals surface area contributed by atoms with E-state index in [2.05, 4.69) is 10.2 Å². The summed E-state index contributed by atoms with van der Waals surface area (Å²) in [5.74, 6) is 0.278. The first-order valence-corrected chi connectivity index (χ1v) is 11.6. The highest BCUT2D eigenvalue weighted by Crippen LogP contribution is 2.31. The minimum absolute atomic E-state index is 0.278. The highest BCUT2D eigenvalue weighted by atomic mass is 16.7. The van der Waals surface area contributed by atoms with Crippen molar-refractivity contribution in [3.8, 4) is 5.75 Å². The Bertz CT molecular complexity index is 1010. The van der Waals surface area contributed by atoms with Crippen molar-refractivity contribution in [2.75, 3.05) is 13.2 Å². The predicted molar refractivity (Wildman–Crippen MR) is 124 cm³/mol. The van der Waals surface area contributed by atoms with E-state index in [1.165, 1.54) is 0 Å². The molecule has 0 radical (unpaired) electrons. The number of benzene rings is 2. The van der Waals surface area contributed by atoms with Crippen molar-refractivity contribution >= 4 is 11.4 Å². The van der Waals surface area contributed by atoms with Gasteiger partial charge in [-0.1, -0.05) is 18.2 Å². The lowest BCUT2D eigenvalue weighted by Crippen LogP contribution is -2.65. The largest absolute Gasteiger partial charge is 0.462 e. The van der Waals surface area contributed by atoms with Crippen LogP contribution in [0.1, 0.15) is 0 Å². The number of rotatable bonds is 8. The molecule has 0 amide bonds. The van der Waals surface area contributed by atoms with Crippen LogP contribution in [0.4, 0.5) is 11.4 Å². The Hall–Kier alpha value is -2.56. The Balaban J connectivity index is 1.39. The molecule has 2 fully saturated rings. The average molecular weight is 523 g/mol. The molecule has 0 bridgehead atoms. The summed E-state index contributed by atoms with van der Waals surface area (Å²) in [7, 11) is 0. The third kappa shape index (κ3) is 6.30. The molecule has 2 aromatic rings. The van der Waals surface area contributed by atoms with Crippen molar-refractivity contribution in [3.05, 3.63) is 54.6 Å². The van der Waals surface area contributed by atoms with Crippen LogP contribution >= 0.6 is 0 Å². The molecule has 37 heavy (non-hydrogen) atoms. The number of aliphatic hydroxyl groups excluding tert-OH is 7. The quantitative estimate of drug-likeness (QED) is 0.212. The Kier molecular flexibility index (Phi) is 9.15. The smallest absolute Gasteiger partial charge is 0.229 e. The zero-order valence-corrected chi connectivity index (χ0v) is 19.5. The van der Waals surface area contributed by atoms with Crippen LogP contribution < -0.4 is 4.74 Å². The van der Waals surface area contributed by atoms with Gasteiger partial charge >= 0.3 is 0 Å². The van der Waals surface area contributed by atoms with E-state index in [9.17, 15) is 35.7 Å². The molecule has 0 spiro atoms. The molecular formula is C24H30N2O11. The number of nitrogens with zero attached hydrogens (tertiary/aromatic N) is 2. The van der Waals surface area contributed by atoms with Gasteiger partial charge in [0.05, 0.1) is 24.6 Å². The SMILES string of the molecule is OC[C@H]1O[C@@H](O[C@H]2[C@H](O)[C@@H](O)[C@H](Oc3ccc(N=Nc4ccccc4)cc3)O[C@@H]2CO)[C@H](O)[C@@H](O)[C@H]1O. The first kappa shape index (κ1) is 27.5. The van der Waals surface area contributed by atoms with Crippen molar-refractivity contribution in [3.63, 3.8) is 0 Å². The van der Waals surface area contributed by atoms with Crippen molar-refractivity contribution < 1.29 is 54.7 Å². The summed E-state index contributed by atoms with van der Waals surface area (Å²) in [6.07, 6.45) is -15.2. The van der Waals surface area contributed by atoms with E-state index in [1.54, 1.807) is 36.4 Å². The first-order chi connectivity index (χ1) is 17.8. The average Bonchev–Trinajstić information content (AvgIpc) is 2.92. The summed E-state index contributed by atoms with van der Waals surface area (Å²) in [6, 6.07) is 15.5. The fraction of sp³-hybridized carbons (Fsp3) is 0.500. The fourth-order valence-electron chi connectivity index (χ4n) is 3.99. The van der Waals surface area contributed by atoms with Gasteiger partial charge in [0.2, 0.25) is 6.29 Å². The molecule has 2 saturated heterocycles. The third-order valence-corrected chi connectivity index (χ3v) is 6.09. The molecule has 2 aliphatic rings. The fourth-order valence-corrected chi connectivity index (χ4v) is 3.99. The first-order valence-electron chi connectivity index (χ1n) is 11.6. The highest BCUT2D eigenvalue weighted by molar-refractivity contribution is 5.42. The molecule has 7 N–H and O–H groups in total. The van der Waals surface area contributed by atoms with Crippen LogP contribution in [0, 0.1) is 0 Å². The highest BCUT2D eigenvalue weighted by Gasteiger charge is 2.51. The van der Waals surface area contributed by atoms with Crippen LogP contribution in [0.3, 0.4) is 0 Å². The molecule has 2 aliphatic heterocycles. The van der Waals surface area contributed by atoms with Crippen molar-refractivity contribution in [1.82, 2.24) is 0 Å². The van der Waals surface area contributed by atoms with E-state index < -0.39 is 74.6 Å². The number of hydrogen-bond donors (Lipinski definition) is 7. The maximum Gasteiger partial charge on any atom is 0.229 e. The summed E-state index contributed by atoms with van der Waals surface area (Å²) >= 11 is 0. The van der Waals surface area contributed by atoms with E-state index in [-0.39, 0.29) is 5.75 Å². The molecule has 10 atom stereocenters. The zero-order chi connectivity index (χ0) is 26.5. The van der Waals surface area contributed by atoms with E-state index in [0.717, 1.165) is 0 Å². The minimum Gasteiger partial charge on any atom is -0.462 e. The van der Waals surface area contributed by atoms with Crippen molar-refractivity contribution in [2.24, 2.45) is 10.2 Å². The Labute approximate surface area is 211 Å². The van der Waals surface area contributed by atoms with Crippen molar-refractivity contribution in [1.29, 1.82) is 0 Å². The number of hydrogen-bond acceptors (Lipinski definition) is 13. The van der Waals surface area contributed by atoms with Crippen LogP contribution in [-0.4, -0.2) is 110 Å². The van der Waals surface area contributed by atoms with E-state index in [1.807, 2.05) is 18.2 Å². The van der Waals surface area contributed by atoms with Crippen LogP contribution in [0.25, 0.3) is 0 Å². The topological polar surface area (TPSA) is 203 Å². The van der Waals surface area contributed by atoms with Crippen LogP contribution in [0.15, 0.2) is 64.8 Å². The molecule has 13 heteroatoms. The second kappa shape index (κ2) is 12.3. The summed E-state index contributed by atoms with van der Waals surface area (Å²) in [4.78, 5) is 0. The summed E-state index contributed by atoms with van der Waals surface area (Å²) in [5, 5.41) is 78.8. The molecule has 2 heterocycles. The lowest BCUT2D eigenvalue weighted by molar-refractivity contribution is -0.352. The second-order valence-corrected chi connectivity index (χ2v) is 8.65. The number of ether oxygens (including phenoxy) is 4. The summed E-state index contributed by atoms with van der Waals surface area (Å²) in [5.41, 5.74) is 1.23. The predicted octanol–water partition coefficient (Wildman–Crippen LogP) is -0.895. The van der Waals surface area contributed by atoms with Gasteiger partial charge in [0.25, 0.3) is 0 Å². The molecule has 202 valence electrons. The maximum absolute atomic E-state index is 10.7. The normalized spacial score (nSPS) is 36.5. The van der Waals surface area contributed by atoms with Gasteiger partial charge < -0.3 is 54.7 Å². The zero-order valence-electron chi connectivity index (χ0n) is 19.5. The molecule has 0 aromatic heterocycles.